The van der Waals surface area contributed by atoms with E-state index in [0.717, 1.165) is 0 Å². The van der Waals surface area contributed by atoms with Crippen molar-refractivity contribution in [3.05, 3.63) is 0 Å². The standard InChI is InChI=1S/C5H11N.2H2S.2S.W/c1-2-4-6-5-3-1;;;;;/h6H,1-5H2;2*1H2;;;/q;;;;;+2/p-2. The molecule has 1 fully saturated rings. The van der Waals surface area contributed by atoms with E-state index in [4.69, 9.17) is 0 Å². The molecule has 1 saturated heterocycles. The molecule has 1 rings (SSSR count). The molecule has 1 aliphatic heterocycles. The van der Waals surface area contributed by atoms with E-state index in [-0.39, 0.29) is 0 Å². The summed E-state index contributed by atoms with van der Waals surface area (Å²) in [7, 11) is 14.2. The average molecular weight is 399 g/mol. The monoisotopic (exact) mass is 399 g/mol. The second-order valence-corrected chi connectivity index (χ2v) is 34.8. The van der Waals surface area contributed by atoms with Gasteiger partial charge >= 0.3 is 50.2 Å². The third kappa shape index (κ3) is 18.6. The normalized spacial score (nSPS) is 18.4. The Morgan fingerprint density at radius 3 is 1.45 bits per heavy atom. The predicted octanol–water partition coefficient (Wildman–Crippen LogP) is 2.81. The molecule has 0 aromatic rings. The van der Waals surface area contributed by atoms with Gasteiger partial charge in [-0.15, -0.1) is 0 Å². The Morgan fingerprint density at radius 1 is 1.00 bits per heavy atom. The van der Waals surface area contributed by atoms with Gasteiger partial charge in [0.1, 0.15) is 0 Å². The first-order valence-corrected chi connectivity index (χ1v) is 19.9. The molecule has 0 aliphatic carbocycles. The number of thiol groups is 2. The summed E-state index contributed by atoms with van der Waals surface area (Å²) in [6, 6.07) is 0. The minimum atomic E-state index is -2.61. The van der Waals surface area contributed by atoms with E-state index in [2.05, 4.69) is 45.6 Å². The SMILES string of the molecule is C1CCNCC1.[S]=[W](=[S])([SH])[SH]. The average Bonchev–Trinajstić information content (AvgIpc) is 1.88. The molecule has 1 N–H and O–H groups in total. The van der Waals surface area contributed by atoms with Gasteiger partial charge in [-0.3, -0.25) is 0 Å². The van der Waals surface area contributed by atoms with Crippen molar-refractivity contribution >= 4 is 40.3 Å². The number of hydrogen-bond donors (Lipinski definition) is 3. The van der Waals surface area contributed by atoms with Gasteiger partial charge in [-0.25, -0.2) is 0 Å². The summed E-state index contributed by atoms with van der Waals surface area (Å²) in [5.74, 6) is 0. The van der Waals surface area contributed by atoms with Gasteiger partial charge in [0, 0.05) is 0 Å². The fraction of sp³-hybridized carbons (Fsp3) is 1.00. The molecule has 0 unspecified atom stereocenters. The van der Waals surface area contributed by atoms with Gasteiger partial charge in [0.25, 0.3) is 0 Å². The third-order valence-electron chi connectivity index (χ3n) is 1.21. The second kappa shape index (κ2) is 7.22. The molecule has 0 spiro atoms. The first kappa shape index (κ1) is 12.8. The number of rotatable bonds is 0. The maximum absolute atomic E-state index is 4.58. The predicted molar refractivity (Wildman–Crippen MR) is 59.9 cm³/mol. The summed E-state index contributed by atoms with van der Waals surface area (Å²) in [5.41, 5.74) is 0. The molecule has 11 heavy (non-hydrogen) atoms. The van der Waals surface area contributed by atoms with Crippen LogP contribution in [-0.4, -0.2) is 13.1 Å². The number of hydrogen-bond acceptors (Lipinski definition) is 3. The summed E-state index contributed by atoms with van der Waals surface area (Å²) >= 11 is 0. The summed E-state index contributed by atoms with van der Waals surface area (Å²) in [6.45, 7) is 2.50. The van der Waals surface area contributed by atoms with Crippen molar-refractivity contribution in [3.63, 3.8) is 0 Å². The molecule has 0 aromatic carbocycles. The second-order valence-electron chi connectivity index (χ2n) is 2.26. The first-order chi connectivity index (χ1) is 5.00. The molecule has 0 bridgehead atoms. The summed E-state index contributed by atoms with van der Waals surface area (Å²) in [4.78, 5) is 0. The zero-order chi connectivity index (χ0) is 8.74. The van der Waals surface area contributed by atoms with Crippen molar-refractivity contribution in [2.24, 2.45) is 0 Å². The van der Waals surface area contributed by atoms with Crippen molar-refractivity contribution in [2.45, 2.75) is 19.3 Å². The van der Waals surface area contributed by atoms with E-state index < -0.39 is 9.86 Å². The van der Waals surface area contributed by atoms with Crippen LogP contribution < -0.4 is 5.32 Å². The van der Waals surface area contributed by atoms with Crippen LogP contribution in [0, 0.1) is 0 Å². The molecule has 1 nitrogen and oxygen atoms in total. The fourth-order valence-electron chi connectivity index (χ4n) is 0.802. The van der Waals surface area contributed by atoms with E-state index in [1.807, 2.05) is 0 Å². The Bertz CT molecular complexity index is 153. The van der Waals surface area contributed by atoms with Crippen molar-refractivity contribution in [2.75, 3.05) is 13.1 Å². The number of nitrogens with one attached hydrogen (secondary N) is 1. The van der Waals surface area contributed by atoms with E-state index in [9.17, 15) is 0 Å². The molecule has 0 atom stereocenters. The van der Waals surface area contributed by atoms with Gasteiger partial charge in [0.2, 0.25) is 0 Å². The van der Waals surface area contributed by atoms with Crippen LogP contribution >= 0.6 is 40.3 Å². The molecule has 0 amide bonds. The van der Waals surface area contributed by atoms with Gasteiger partial charge in [0.15, 0.2) is 0 Å². The van der Waals surface area contributed by atoms with Gasteiger partial charge in [-0.1, -0.05) is 6.42 Å². The Hall–Kier alpha value is 1.79. The van der Waals surface area contributed by atoms with Gasteiger partial charge in [0.05, 0.1) is 0 Å². The van der Waals surface area contributed by atoms with Crippen molar-refractivity contribution in [1.82, 2.24) is 5.32 Å². The van der Waals surface area contributed by atoms with Crippen LogP contribution in [0.5, 0.6) is 0 Å². The van der Waals surface area contributed by atoms with Gasteiger partial charge in [-0.05, 0) is 25.9 Å². The van der Waals surface area contributed by atoms with Gasteiger partial charge in [-0.2, -0.15) is 0 Å². The van der Waals surface area contributed by atoms with Crippen molar-refractivity contribution in [1.29, 1.82) is 0 Å². The Balaban J connectivity index is 0.000000187. The molecule has 0 radical (unpaired) electrons. The van der Waals surface area contributed by atoms with Crippen molar-refractivity contribution < 1.29 is 9.86 Å². The zero-order valence-electron chi connectivity index (χ0n) is 6.15. The zero-order valence-corrected chi connectivity index (χ0v) is 12.5. The molecule has 0 saturated carbocycles. The maximum atomic E-state index is 4.58. The van der Waals surface area contributed by atoms with Crippen LogP contribution in [0.4, 0.5) is 0 Å². The molecular weight excluding hydrogens is 386 g/mol. The van der Waals surface area contributed by atoms with Gasteiger partial charge < -0.3 is 5.32 Å². The quantitative estimate of drug-likeness (QED) is 0.543. The molecule has 1 aliphatic rings. The first-order valence-electron chi connectivity index (χ1n) is 3.41. The Labute approximate surface area is 87.0 Å². The summed E-state index contributed by atoms with van der Waals surface area (Å²) < 4.78 is 0. The van der Waals surface area contributed by atoms with Crippen LogP contribution in [0.15, 0.2) is 0 Å². The van der Waals surface area contributed by atoms with E-state index >= 15 is 0 Å². The van der Waals surface area contributed by atoms with Crippen LogP contribution in [0.1, 0.15) is 19.3 Å². The fourth-order valence-corrected chi connectivity index (χ4v) is 0.802. The molecular formula is C5H13NS4W. The third-order valence-corrected chi connectivity index (χ3v) is 1.21. The Kier molecular flexibility index (Phi) is 8.39. The molecule has 1 heterocycles. The molecule has 6 heteroatoms. The van der Waals surface area contributed by atoms with Crippen LogP contribution in [-0.2, 0) is 9.86 Å². The molecule has 0 aromatic heterocycles. The summed E-state index contributed by atoms with van der Waals surface area (Å²) in [5, 5.41) is 3.28. The number of piperidine rings is 1. The summed E-state index contributed by atoms with van der Waals surface area (Å²) in [6.07, 6.45) is 4.22. The van der Waals surface area contributed by atoms with Crippen molar-refractivity contribution in [3.8, 4) is 0 Å². The van der Waals surface area contributed by atoms with E-state index in [1.165, 1.54) is 32.4 Å². The van der Waals surface area contributed by atoms with Crippen LogP contribution in [0.2, 0.25) is 0 Å². The van der Waals surface area contributed by atoms with E-state index in [0.29, 0.717) is 0 Å². The van der Waals surface area contributed by atoms with Crippen LogP contribution in [0.25, 0.3) is 0 Å². The van der Waals surface area contributed by atoms with E-state index in [1.54, 1.807) is 0 Å². The Morgan fingerprint density at radius 2 is 1.36 bits per heavy atom. The molecule has 68 valence electrons. The van der Waals surface area contributed by atoms with Crippen LogP contribution in [0.3, 0.4) is 0 Å². The topological polar surface area (TPSA) is 12.0 Å². The minimum absolute atomic E-state index is 1.25.